The smallest absolute Gasteiger partial charge is 0.160 e. The van der Waals surface area contributed by atoms with Gasteiger partial charge in [-0.25, -0.2) is 9.97 Å². The predicted octanol–water partition coefficient (Wildman–Crippen LogP) is 11.2. The van der Waals surface area contributed by atoms with E-state index in [0.29, 0.717) is 5.82 Å². The molecule has 3 heterocycles. The van der Waals surface area contributed by atoms with E-state index in [2.05, 4.69) is 108 Å². The first-order chi connectivity index (χ1) is 23.3. The topological polar surface area (TPSA) is 51.8 Å². The number of hydrogen-bond acceptors (Lipinski definition) is 4. The van der Waals surface area contributed by atoms with Crippen LogP contribution in [0.2, 0.25) is 0 Å². The van der Waals surface area contributed by atoms with Crippen molar-refractivity contribution < 1.29 is 4.42 Å². The normalized spacial score (nSPS) is 11.8. The molecule has 10 rings (SSSR count). The van der Waals surface area contributed by atoms with Crippen LogP contribution in [0.4, 0.5) is 0 Å². The summed E-state index contributed by atoms with van der Waals surface area (Å²) in [6.45, 7) is 0. The van der Waals surface area contributed by atoms with Gasteiger partial charge in [-0.15, -0.1) is 0 Å². The maximum atomic E-state index is 6.16. The summed E-state index contributed by atoms with van der Waals surface area (Å²) >= 11 is 0. The maximum absolute atomic E-state index is 6.16. The predicted molar refractivity (Wildman–Crippen MR) is 191 cm³/mol. The zero-order valence-electron chi connectivity index (χ0n) is 25.2. The summed E-state index contributed by atoms with van der Waals surface area (Å²) in [5.74, 6) is 0.681. The number of hydrogen-bond donors (Lipinski definition) is 0. The van der Waals surface area contributed by atoms with Crippen molar-refractivity contribution in [2.45, 2.75) is 0 Å². The molecule has 4 heteroatoms. The van der Waals surface area contributed by atoms with Gasteiger partial charge in [-0.1, -0.05) is 115 Å². The Hall–Kier alpha value is -6.39. The molecule has 0 N–H and O–H groups in total. The van der Waals surface area contributed by atoms with Crippen molar-refractivity contribution in [3.05, 3.63) is 152 Å². The van der Waals surface area contributed by atoms with Crippen LogP contribution < -0.4 is 0 Å². The van der Waals surface area contributed by atoms with Gasteiger partial charge >= 0.3 is 0 Å². The SMILES string of the molecule is c1ccc(-c2nc(-c3ccc(-c4ccc5c(c4)-c4cccc6cccc-5c46)cc3)cc(-c3cccc4oc5cnccc5c34)n2)cc1. The molecule has 0 atom stereocenters. The molecule has 218 valence electrons. The van der Waals surface area contributed by atoms with Gasteiger partial charge in [-0.05, 0) is 68.4 Å². The molecule has 0 fully saturated rings. The van der Waals surface area contributed by atoms with Crippen LogP contribution in [-0.2, 0) is 0 Å². The van der Waals surface area contributed by atoms with E-state index in [9.17, 15) is 0 Å². The highest BCUT2D eigenvalue weighted by molar-refractivity contribution is 6.16. The van der Waals surface area contributed by atoms with Crippen LogP contribution in [0, 0.1) is 0 Å². The summed E-state index contributed by atoms with van der Waals surface area (Å²) in [5, 5.41) is 4.68. The van der Waals surface area contributed by atoms with Crippen molar-refractivity contribution in [1.29, 1.82) is 0 Å². The number of rotatable bonds is 4. The van der Waals surface area contributed by atoms with E-state index in [0.717, 1.165) is 50.0 Å². The summed E-state index contributed by atoms with van der Waals surface area (Å²) in [7, 11) is 0. The van der Waals surface area contributed by atoms with Gasteiger partial charge in [0, 0.05) is 33.7 Å². The molecule has 0 saturated carbocycles. The third-order valence-electron chi connectivity index (χ3n) is 9.35. The minimum Gasteiger partial charge on any atom is -0.454 e. The van der Waals surface area contributed by atoms with E-state index in [1.54, 1.807) is 12.4 Å². The average molecular weight is 600 g/mol. The highest BCUT2D eigenvalue weighted by Gasteiger charge is 2.21. The van der Waals surface area contributed by atoms with Gasteiger partial charge in [-0.2, -0.15) is 0 Å². The quantitative estimate of drug-likeness (QED) is 0.202. The fourth-order valence-corrected chi connectivity index (χ4v) is 7.15. The largest absolute Gasteiger partial charge is 0.454 e. The number of pyridine rings is 1. The molecule has 6 aromatic carbocycles. The Morgan fingerprint density at radius 1 is 0.426 bits per heavy atom. The summed E-state index contributed by atoms with van der Waals surface area (Å²) in [6.07, 6.45) is 3.57. The van der Waals surface area contributed by atoms with Crippen LogP contribution in [0.25, 0.3) is 100.0 Å². The Balaban J connectivity index is 1.09. The lowest BCUT2D eigenvalue weighted by Crippen LogP contribution is -1.96. The highest BCUT2D eigenvalue weighted by atomic mass is 16.3. The summed E-state index contributed by atoms with van der Waals surface area (Å²) < 4.78 is 6.16. The van der Waals surface area contributed by atoms with Crippen molar-refractivity contribution in [1.82, 2.24) is 15.0 Å². The molecule has 0 bridgehead atoms. The van der Waals surface area contributed by atoms with Crippen LogP contribution in [0.5, 0.6) is 0 Å². The second kappa shape index (κ2) is 10.1. The maximum Gasteiger partial charge on any atom is 0.160 e. The van der Waals surface area contributed by atoms with E-state index in [1.165, 1.54) is 44.2 Å². The van der Waals surface area contributed by atoms with Crippen molar-refractivity contribution in [3.63, 3.8) is 0 Å². The summed E-state index contributed by atoms with van der Waals surface area (Å²) in [4.78, 5) is 14.4. The standard InChI is InChI=1S/C43H25N3O/c1-2-7-29(8-3-1)43-45-37(24-38(46-43)34-13-6-14-39-42(34)35-21-22-44-25-40(35)47-39)27-17-15-26(16-18-27)30-19-20-31-32-11-4-9-28-10-5-12-33(41(28)32)36(31)23-30/h1-25H. The number of nitrogens with zero attached hydrogens (tertiary/aromatic N) is 3. The molecular formula is C43H25N3O. The first-order valence-electron chi connectivity index (χ1n) is 15.8. The molecule has 1 aliphatic carbocycles. The van der Waals surface area contributed by atoms with E-state index >= 15 is 0 Å². The minimum absolute atomic E-state index is 0.681. The monoisotopic (exact) mass is 599 g/mol. The van der Waals surface area contributed by atoms with Crippen LogP contribution >= 0.6 is 0 Å². The molecule has 9 aromatic rings. The van der Waals surface area contributed by atoms with Gasteiger partial charge < -0.3 is 4.42 Å². The van der Waals surface area contributed by atoms with Crippen molar-refractivity contribution in [3.8, 4) is 67.3 Å². The van der Waals surface area contributed by atoms with Crippen LogP contribution in [0.1, 0.15) is 0 Å². The Kier molecular flexibility index (Phi) is 5.54. The second-order valence-electron chi connectivity index (χ2n) is 12.0. The van der Waals surface area contributed by atoms with E-state index in [1.807, 2.05) is 36.4 Å². The highest BCUT2D eigenvalue weighted by Crippen LogP contribution is 2.48. The van der Waals surface area contributed by atoms with Gasteiger partial charge in [0.2, 0.25) is 0 Å². The minimum atomic E-state index is 0.681. The molecule has 0 unspecified atom stereocenters. The molecule has 0 aliphatic heterocycles. The van der Waals surface area contributed by atoms with E-state index in [-0.39, 0.29) is 0 Å². The second-order valence-corrected chi connectivity index (χ2v) is 12.0. The Bertz CT molecular complexity index is 2670. The van der Waals surface area contributed by atoms with Crippen LogP contribution in [0.15, 0.2) is 156 Å². The number of aromatic nitrogens is 3. The number of fused-ring (bicyclic) bond motifs is 6. The molecule has 0 radical (unpaired) electrons. The summed E-state index contributed by atoms with van der Waals surface area (Å²) in [5.41, 5.74) is 13.9. The molecule has 0 saturated heterocycles. The van der Waals surface area contributed by atoms with Gasteiger partial charge in [0.05, 0.1) is 17.6 Å². The van der Waals surface area contributed by atoms with Gasteiger partial charge in [0.15, 0.2) is 11.4 Å². The van der Waals surface area contributed by atoms with Crippen molar-refractivity contribution in [2.24, 2.45) is 0 Å². The molecular weight excluding hydrogens is 574 g/mol. The first-order valence-corrected chi connectivity index (χ1v) is 15.8. The van der Waals surface area contributed by atoms with E-state index < -0.39 is 0 Å². The molecule has 0 amide bonds. The van der Waals surface area contributed by atoms with Gasteiger partial charge in [-0.3, -0.25) is 4.98 Å². The summed E-state index contributed by atoms with van der Waals surface area (Å²) in [6, 6.07) is 49.1. The van der Waals surface area contributed by atoms with Crippen molar-refractivity contribution in [2.75, 3.05) is 0 Å². The number of benzene rings is 6. The molecule has 3 aromatic heterocycles. The lowest BCUT2D eigenvalue weighted by atomic mass is 9.96. The zero-order valence-corrected chi connectivity index (χ0v) is 25.2. The third-order valence-corrected chi connectivity index (χ3v) is 9.35. The molecule has 47 heavy (non-hydrogen) atoms. The number of furan rings is 1. The lowest BCUT2D eigenvalue weighted by Gasteiger charge is -2.11. The fourth-order valence-electron chi connectivity index (χ4n) is 7.15. The van der Waals surface area contributed by atoms with Gasteiger partial charge in [0.25, 0.3) is 0 Å². The Labute approximate surface area is 270 Å². The van der Waals surface area contributed by atoms with Crippen LogP contribution in [-0.4, -0.2) is 15.0 Å². The lowest BCUT2D eigenvalue weighted by molar-refractivity contribution is 0.667. The molecule has 4 nitrogen and oxygen atoms in total. The van der Waals surface area contributed by atoms with Gasteiger partial charge in [0.1, 0.15) is 5.58 Å². The molecule has 0 spiro atoms. The third kappa shape index (κ3) is 4.05. The molecule has 1 aliphatic rings. The van der Waals surface area contributed by atoms with Crippen LogP contribution in [0.3, 0.4) is 0 Å². The van der Waals surface area contributed by atoms with E-state index in [4.69, 9.17) is 14.4 Å². The van der Waals surface area contributed by atoms with Crippen molar-refractivity contribution >= 4 is 32.7 Å². The zero-order chi connectivity index (χ0) is 30.9. The first kappa shape index (κ1) is 25.9. The fraction of sp³-hybridized carbons (Fsp3) is 0. The Morgan fingerprint density at radius 2 is 1.15 bits per heavy atom. The average Bonchev–Trinajstić information content (AvgIpc) is 3.69. The Morgan fingerprint density at radius 3 is 2.00 bits per heavy atom.